The number of carbonyl (C=O) groups excluding carboxylic acids is 1. The summed E-state index contributed by atoms with van der Waals surface area (Å²) in [6, 6.07) is 15.4. The fourth-order valence-electron chi connectivity index (χ4n) is 2.35. The fraction of sp³-hybridized carbons (Fsp3) is 0.105. The quantitative estimate of drug-likeness (QED) is 0.634. The third kappa shape index (κ3) is 2.79. The molecule has 2 aromatic carbocycles. The highest BCUT2D eigenvalue weighted by molar-refractivity contribution is 6.05. The molecular formula is C19H16O3. The first-order valence-electron chi connectivity index (χ1n) is 7.03. The van der Waals surface area contributed by atoms with Crippen molar-refractivity contribution < 1.29 is 14.3 Å². The number of hydrogen-bond acceptors (Lipinski definition) is 3. The Balaban J connectivity index is 1.92. The number of ether oxygens (including phenoxy) is 2. The molecule has 0 saturated carbocycles. The van der Waals surface area contributed by atoms with Crippen LogP contribution in [-0.4, -0.2) is 13.1 Å². The molecule has 0 atom stereocenters. The molecule has 3 nitrogen and oxygen atoms in total. The van der Waals surface area contributed by atoms with Gasteiger partial charge in [0.1, 0.15) is 11.5 Å². The minimum absolute atomic E-state index is 0.325. The van der Waals surface area contributed by atoms with Gasteiger partial charge in [-0.1, -0.05) is 36.4 Å². The molecule has 3 heteroatoms. The van der Waals surface area contributed by atoms with E-state index < -0.39 is 0 Å². The van der Waals surface area contributed by atoms with Gasteiger partial charge in [0, 0.05) is 5.56 Å². The van der Waals surface area contributed by atoms with E-state index in [0.717, 1.165) is 22.4 Å². The minimum Gasteiger partial charge on any atom is -0.497 e. The largest absolute Gasteiger partial charge is 0.497 e. The molecule has 0 fully saturated rings. The van der Waals surface area contributed by atoms with Gasteiger partial charge in [0.05, 0.1) is 12.7 Å². The van der Waals surface area contributed by atoms with Gasteiger partial charge < -0.3 is 9.47 Å². The molecule has 0 aromatic heterocycles. The minimum atomic E-state index is -0.325. The maximum absolute atomic E-state index is 12.0. The lowest BCUT2D eigenvalue weighted by atomic mass is 10.1. The summed E-state index contributed by atoms with van der Waals surface area (Å²) >= 11 is 0. The molecule has 0 bridgehead atoms. The van der Waals surface area contributed by atoms with E-state index >= 15 is 0 Å². The smallest absolute Gasteiger partial charge is 0.343 e. The monoisotopic (exact) mass is 292 g/mol. The van der Waals surface area contributed by atoms with Crippen LogP contribution in [0.1, 0.15) is 16.7 Å². The average molecular weight is 292 g/mol. The van der Waals surface area contributed by atoms with Crippen LogP contribution in [-0.2, 0) is 9.53 Å². The lowest BCUT2D eigenvalue weighted by molar-refractivity contribution is -0.130. The van der Waals surface area contributed by atoms with E-state index in [2.05, 4.69) is 0 Å². The fourth-order valence-corrected chi connectivity index (χ4v) is 2.35. The van der Waals surface area contributed by atoms with Gasteiger partial charge in [0.25, 0.3) is 0 Å². The summed E-state index contributed by atoms with van der Waals surface area (Å²) in [5.74, 6) is 1.06. The van der Waals surface area contributed by atoms with E-state index in [1.54, 1.807) is 13.2 Å². The highest BCUT2D eigenvalue weighted by atomic mass is 16.5. The van der Waals surface area contributed by atoms with E-state index in [4.69, 9.17) is 9.47 Å². The summed E-state index contributed by atoms with van der Waals surface area (Å²) < 4.78 is 10.5. The number of cyclic esters (lactones) is 1. The van der Waals surface area contributed by atoms with Crippen molar-refractivity contribution in [2.75, 3.05) is 7.11 Å². The van der Waals surface area contributed by atoms with Crippen LogP contribution in [0.15, 0.2) is 60.2 Å². The van der Waals surface area contributed by atoms with Crippen LogP contribution >= 0.6 is 0 Å². The summed E-state index contributed by atoms with van der Waals surface area (Å²) in [5, 5.41) is 0. The Morgan fingerprint density at radius 2 is 1.77 bits per heavy atom. The van der Waals surface area contributed by atoms with Crippen molar-refractivity contribution in [1.29, 1.82) is 0 Å². The first kappa shape index (κ1) is 14.1. The molecule has 0 radical (unpaired) electrons. The van der Waals surface area contributed by atoms with Gasteiger partial charge in [-0.05, 0) is 42.3 Å². The third-order valence-corrected chi connectivity index (χ3v) is 3.57. The molecule has 1 heterocycles. The normalized spacial score (nSPS) is 15.6. The van der Waals surface area contributed by atoms with Crippen molar-refractivity contribution in [2.45, 2.75) is 6.92 Å². The first-order valence-corrected chi connectivity index (χ1v) is 7.03. The molecule has 1 aliphatic rings. The lowest BCUT2D eigenvalue weighted by Gasteiger charge is -2.04. The summed E-state index contributed by atoms with van der Waals surface area (Å²) in [6.07, 6.45) is 3.60. The SMILES string of the molecule is COc1ccc(/C=C2\C=C(c3ccccc3C)OC2=O)cc1. The van der Waals surface area contributed by atoms with Crippen LogP contribution in [0, 0.1) is 6.92 Å². The molecule has 0 N–H and O–H groups in total. The number of aryl methyl sites for hydroxylation is 1. The summed E-state index contributed by atoms with van der Waals surface area (Å²) in [5.41, 5.74) is 3.49. The van der Waals surface area contributed by atoms with Gasteiger partial charge in [-0.3, -0.25) is 0 Å². The Hall–Kier alpha value is -2.81. The van der Waals surface area contributed by atoms with Crippen LogP contribution < -0.4 is 4.74 Å². The number of rotatable bonds is 3. The molecule has 0 spiro atoms. The van der Waals surface area contributed by atoms with Gasteiger partial charge >= 0.3 is 5.97 Å². The Bertz CT molecular complexity index is 768. The van der Waals surface area contributed by atoms with Gasteiger partial charge in [-0.2, -0.15) is 0 Å². The summed E-state index contributed by atoms with van der Waals surface area (Å²) in [6.45, 7) is 2.00. The van der Waals surface area contributed by atoms with Crippen molar-refractivity contribution >= 4 is 17.8 Å². The second-order valence-electron chi connectivity index (χ2n) is 5.09. The third-order valence-electron chi connectivity index (χ3n) is 3.57. The second-order valence-corrected chi connectivity index (χ2v) is 5.09. The molecule has 1 aliphatic heterocycles. The number of carbonyl (C=O) groups is 1. The molecule has 110 valence electrons. The van der Waals surface area contributed by atoms with Crippen molar-refractivity contribution in [3.8, 4) is 5.75 Å². The topological polar surface area (TPSA) is 35.5 Å². The molecule has 3 rings (SSSR count). The van der Waals surface area contributed by atoms with Crippen LogP contribution in [0.3, 0.4) is 0 Å². The van der Waals surface area contributed by atoms with Gasteiger partial charge in [0.2, 0.25) is 0 Å². The van der Waals surface area contributed by atoms with E-state index in [1.165, 1.54) is 0 Å². The maximum atomic E-state index is 12.0. The van der Waals surface area contributed by atoms with Crippen LogP contribution in [0.5, 0.6) is 5.75 Å². The molecule has 2 aromatic rings. The van der Waals surface area contributed by atoms with Gasteiger partial charge in [0.15, 0.2) is 0 Å². The van der Waals surface area contributed by atoms with Crippen molar-refractivity contribution in [3.63, 3.8) is 0 Å². The number of methoxy groups -OCH3 is 1. The van der Waals surface area contributed by atoms with E-state index in [0.29, 0.717) is 11.3 Å². The van der Waals surface area contributed by atoms with E-state index in [9.17, 15) is 4.79 Å². The van der Waals surface area contributed by atoms with Crippen LogP contribution in [0.4, 0.5) is 0 Å². The molecule has 22 heavy (non-hydrogen) atoms. The molecule has 0 unspecified atom stereocenters. The van der Waals surface area contributed by atoms with Crippen LogP contribution in [0.2, 0.25) is 0 Å². The zero-order chi connectivity index (χ0) is 15.5. The maximum Gasteiger partial charge on any atom is 0.343 e. The van der Waals surface area contributed by atoms with Gasteiger partial charge in [-0.25, -0.2) is 4.79 Å². The lowest BCUT2D eigenvalue weighted by Crippen LogP contribution is -1.97. The standard InChI is InChI=1S/C19H16O3/c1-13-5-3-4-6-17(13)18-12-15(19(20)22-18)11-14-7-9-16(21-2)10-8-14/h3-12H,1-2H3/b15-11+. The van der Waals surface area contributed by atoms with Crippen LogP contribution in [0.25, 0.3) is 11.8 Å². The van der Waals surface area contributed by atoms with Crippen molar-refractivity contribution in [1.82, 2.24) is 0 Å². The highest BCUT2D eigenvalue weighted by Crippen LogP contribution is 2.29. The molecule has 0 aliphatic carbocycles. The second kappa shape index (κ2) is 5.90. The molecular weight excluding hydrogens is 276 g/mol. The molecule has 0 saturated heterocycles. The molecule has 0 amide bonds. The predicted molar refractivity (Wildman–Crippen MR) is 86.2 cm³/mol. The van der Waals surface area contributed by atoms with Crippen molar-refractivity contribution in [3.05, 3.63) is 76.9 Å². The number of benzene rings is 2. The summed E-state index contributed by atoms with van der Waals surface area (Å²) in [4.78, 5) is 12.0. The Kier molecular flexibility index (Phi) is 3.79. The zero-order valence-electron chi connectivity index (χ0n) is 12.5. The average Bonchev–Trinajstić information content (AvgIpc) is 2.89. The van der Waals surface area contributed by atoms with Gasteiger partial charge in [-0.15, -0.1) is 0 Å². The number of esters is 1. The predicted octanol–water partition coefficient (Wildman–Crippen LogP) is 3.98. The first-order chi connectivity index (χ1) is 10.7. The van der Waals surface area contributed by atoms with E-state index in [1.807, 2.05) is 61.5 Å². The Morgan fingerprint density at radius 3 is 2.45 bits per heavy atom. The zero-order valence-corrected chi connectivity index (χ0v) is 12.5. The van der Waals surface area contributed by atoms with E-state index in [-0.39, 0.29) is 5.97 Å². The highest BCUT2D eigenvalue weighted by Gasteiger charge is 2.22. The van der Waals surface area contributed by atoms with Crippen molar-refractivity contribution in [2.24, 2.45) is 0 Å². The number of hydrogen-bond donors (Lipinski definition) is 0. The Labute approximate surface area is 129 Å². The Morgan fingerprint density at radius 1 is 1.05 bits per heavy atom. The summed E-state index contributed by atoms with van der Waals surface area (Å²) in [7, 11) is 1.62.